The van der Waals surface area contributed by atoms with Crippen LogP contribution in [-0.4, -0.2) is 49.6 Å². The van der Waals surface area contributed by atoms with Gasteiger partial charge < -0.3 is 20.3 Å². The topological polar surface area (TPSA) is 83.6 Å². The molecule has 28 heavy (non-hydrogen) atoms. The van der Waals surface area contributed by atoms with Gasteiger partial charge in [0.15, 0.2) is 0 Å². The van der Waals surface area contributed by atoms with Crippen molar-refractivity contribution >= 4 is 23.2 Å². The van der Waals surface area contributed by atoms with E-state index < -0.39 is 0 Å². The largest absolute Gasteiger partial charge is 0.378 e. The van der Waals surface area contributed by atoms with Crippen LogP contribution in [0, 0.1) is 0 Å². The van der Waals surface area contributed by atoms with Crippen LogP contribution in [0.3, 0.4) is 0 Å². The maximum absolute atomic E-state index is 12.7. The van der Waals surface area contributed by atoms with Crippen LogP contribution < -0.4 is 15.5 Å². The Morgan fingerprint density at radius 2 is 1.75 bits per heavy atom. The second-order valence-electron chi connectivity index (χ2n) is 6.59. The van der Waals surface area contributed by atoms with Gasteiger partial charge in [0.25, 0.3) is 11.8 Å². The van der Waals surface area contributed by atoms with Crippen molar-refractivity contribution in [3.05, 3.63) is 53.9 Å². The van der Waals surface area contributed by atoms with E-state index in [1.807, 2.05) is 24.3 Å². The third-order valence-corrected chi connectivity index (χ3v) is 4.53. The molecule has 7 heteroatoms. The van der Waals surface area contributed by atoms with Crippen LogP contribution in [-0.2, 0) is 4.74 Å². The summed E-state index contributed by atoms with van der Waals surface area (Å²) in [7, 11) is 0. The van der Waals surface area contributed by atoms with Crippen molar-refractivity contribution in [1.29, 1.82) is 0 Å². The van der Waals surface area contributed by atoms with Crippen molar-refractivity contribution in [3.8, 4) is 0 Å². The molecular formula is C21H26N4O3. The summed E-state index contributed by atoms with van der Waals surface area (Å²) in [4.78, 5) is 31.3. The molecule has 0 spiro atoms. The zero-order valence-electron chi connectivity index (χ0n) is 16.1. The molecule has 0 bridgehead atoms. The van der Waals surface area contributed by atoms with E-state index >= 15 is 0 Å². The van der Waals surface area contributed by atoms with E-state index in [-0.39, 0.29) is 23.2 Å². The highest BCUT2D eigenvalue weighted by atomic mass is 16.5. The van der Waals surface area contributed by atoms with Crippen molar-refractivity contribution in [2.45, 2.75) is 19.8 Å². The number of amides is 2. The highest BCUT2D eigenvalue weighted by molar-refractivity contribution is 6.05. The number of nitrogens with one attached hydrogen (secondary N) is 2. The Balaban J connectivity index is 1.72. The van der Waals surface area contributed by atoms with E-state index in [1.54, 1.807) is 18.2 Å². The van der Waals surface area contributed by atoms with Gasteiger partial charge in [-0.3, -0.25) is 9.59 Å². The van der Waals surface area contributed by atoms with E-state index in [0.29, 0.717) is 25.4 Å². The highest BCUT2D eigenvalue weighted by Crippen LogP contribution is 2.26. The molecule has 0 saturated carbocycles. The maximum Gasteiger partial charge on any atom is 0.274 e. The summed E-state index contributed by atoms with van der Waals surface area (Å²) in [5.41, 5.74) is 2.12. The smallest absolute Gasteiger partial charge is 0.274 e. The minimum Gasteiger partial charge on any atom is -0.378 e. The van der Waals surface area contributed by atoms with Crippen molar-refractivity contribution in [3.63, 3.8) is 0 Å². The molecule has 2 heterocycles. The molecule has 1 fully saturated rings. The summed E-state index contributed by atoms with van der Waals surface area (Å²) in [5, 5.41) is 5.74. The monoisotopic (exact) mass is 382 g/mol. The Labute approximate surface area is 165 Å². The SMILES string of the molecule is CCCCNC(=O)c1cccc(C(=O)Nc2ccccc2N2CCOCC2)n1. The van der Waals surface area contributed by atoms with Crippen LogP contribution in [0.15, 0.2) is 42.5 Å². The van der Waals surface area contributed by atoms with Gasteiger partial charge in [-0.15, -0.1) is 0 Å². The first-order valence-electron chi connectivity index (χ1n) is 9.67. The molecule has 1 saturated heterocycles. The molecule has 0 aliphatic carbocycles. The van der Waals surface area contributed by atoms with Crippen LogP contribution >= 0.6 is 0 Å². The van der Waals surface area contributed by atoms with E-state index in [2.05, 4.69) is 27.4 Å². The fourth-order valence-electron chi connectivity index (χ4n) is 3.00. The molecule has 1 aliphatic rings. The lowest BCUT2D eigenvalue weighted by molar-refractivity contribution is 0.0948. The Kier molecular flexibility index (Phi) is 6.97. The van der Waals surface area contributed by atoms with Crippen molar-refractivity contribution in [2.75, 3.05) is 43.1 Å². The van der Waals surface area contributed by atoms with E-state index in [0.717, 1.165) is 31.6 Å². The molecule has 0 atom stereocenters. The molecule has 2 N–H and O–H groups in total. The molecule has 7 nitrogen and oxygen atoms in total. The number of ether oxygens (including phenoxy) is 1. The molecule has 1 aliphatic heterocycles. The van der Waals surface area contributed by atoms with E-state index in [9.17, 15) is 9.59 Å². The number of unbranched alkanes of at least 4 members (excludes halogenated alkanes) is 1. The summed E-state index contributed by atoms with van der Waals surface area (Å²) in [6.45, 7) is 5.54. The number of hydrogen-bond donors (Lipinski definition) is 2. The lowest BCUT2D eigenvalue weighted by atomic mass is 10.2. The molecule has 1 aromatic carbocycles. The molecule has 0 radical (unpaired) electrons. The summed E-state index contributed by atoms with van der Waals surface area (Å²) in [5.74, 6) is -0.610. The number of morpholine rings is 1. The number of para-hydroxylation sites is 2. The second-order valence-corrected chi connectivity index (χ2v) is 6.59. The van der Waals surface area contributed by atoms with Crippen molar-refractivity contribution < 1.29 is 14.3 Å². The highest BCUT2D eigenvalue weighted by Gasteiger charge is 2.17. The Bertz CT molecular complexity index is 819. The van der Waals surface area contributed by atoms with Crippen LogP contribution in [0.5, 0.6) is 0 Å². The Hall–Kier alpha value is -2.93. The average molecular weight is 382 g/mol. The molecule has 148 valence electrons. The van der Waals surface area contributed by atoms with Crippen LogP contribution in [0.4, 0.5) is 11.4 Å². The number of hydrogen-bond acceptors (Lipinski definition) is 5. The Morgan fingerprint density at radius 3 is 2.50 bits per heavy atom. The first kappa shape index (κ1) is 19.8. The number of benzene rings is 1. The molecule has 2 amide bonds. The first-order valence-corrected chi connectivity index (χ1v) is 9.67. The normalized spacial score (nSPS) is 13.8. The van der Waals surface area contributed by atoms with Gasteiger partial charge in [-0.25, -0.2) is 4.98 Å². The lowest BCUT2D eigenvalue weighted by Gasteiger charge is -2.30. The van der Waals surface area contributed by atoms with Gasteiger partial charge in [0.05, 0.1) is 24.6 Å². The number of carbonyl (C=O) groups is 2. The van der Waals surface area contributed by atoms with Crippen molar-refractivity contribution in [1.82, 2.24) is 10.3 Å². The number of rotatable bonds is 7. The third-order valence-electron chi connectivity index (χ3n) is 4.53. The lowest BCUT2D eigenvalue weighted by Crippen LogP contribution is -2.36. The maximum atomic E-state index is 12.7. The van der Waals surface area contributed by atoms with Gasteiger partial charge >= 0.3 is 0 Å². The molecule has 0 unspecified atom stereocenters. The predicted molar refractivity (Wildman–Crippen MR) is 109 cm³/mol. The fraction of sp³-hybridized carbons (Fsp3) is 0.381. The summed E-state index contributed by atoms with van der Waals surface area (Å²) >= 11 is 0. The summed E-state index contributed by atoms with van der Waals surface area (Å²) in [6.07, 6.45) is 1.91. The number of aromatic nitrogens is 1. The van der Waals surface area contributed by atoms with Gasteiger partial charge in [-0.05, 0) is 30.7 Å². The molecule has 3 rings (SSSR count). The van der Waals surface area contributed by atoms with E-state index in [4.69, 9.17) is 4.74 Å². The summed E-state index contributed by atoms with van der Waals surface area (Å²) < 4.78 is 5.41. The fourth-order valence-corrected chi connectivity index (χ4v) is 3.00. The second kappa shape index (κ2) is 9.85. The van der Waals surface area contributed by atoms with Crippen LogP contribution in [0.1, 0.15) is 40.7 Å². The molecule has 1 aromatic heterocycles. The van der Waals surface area contributed by atoms with E-state index in [1.165, 1.54) is 0 Å². The van der Waals surface area contributed by atoms with Gasteiger partial charge in [0.1, 0.15) is 11.4 Å². The quantitative estimate of drug-likeness (QED) is 0.720. The summed E-state index contributed by atoms with van der Waals surface area (Å²) in [6, 6.07) is 12.6. The number of carbonyl (C=O) groups excluding carboxylic acids is 2. The standard InChI is InChI=1S/C21H26N4O3/c1-2-3-11-22-20(26)17-8-6-9-18(23-17)21(27)24-16-7-4-5-10-19(16)25-12-14-28-15-13-25/h4-10H,2-3,11-15H2,1H3,(H,22,26)(H,24,27). The zero-order valence-corrected chi connectivity index (χ0v) is 16.1. The number of nitrogens with zero attached hydrogens (tertiary/aromatic N) is 2. The van der Waals surface area contributed by atoms with Gasteiger partial charge in [0.2, 0.25) is 0 Å². The minimum absolute atomic E-state index is 0.208. The van der Waals surface area contributed by atoms with Crippen LogP contribution in [0.2, 0.25) is 0 Å². The molecule has 2 aromatic rings. The number of pyridine rings is 1. The molecular weight excluding hydrogens is 356 g/mol. The number of anilines is 2. The van der Waals surface area contributed by atoms with Gasteiger partial charge in [0, 0.05) is 19.6 Å². The minimum atomic E-state index is -0.344. The first-order chi connectivity index (χ1) is 13.7. The average Bonchev–Trinajstić information content (AvgIpc) is 2.75. The van der Waals surface area contributed by atoms with Gasteiger partial charge in [-0.1, -0.05) is 31.5 Å². The van der Waals surface area contributed by atoms with Crippen molar-refractivity contribution in [2.24, 2.45) is 0 Å². The Morgan fingerprint density at radius 1 is 1.04 bits per heavy atom. The van der Waals surface area contributed by atoms with Crippen LogP contribution in [0.25, 0.3) is 0 Å². The predicted octanol–water partition coefficient (Wildman–Crippen LogP) is 2.70. The zero-order chi connectivity index (χ0) is 19.8. The van der Waals surface area contributed by atoms with Gasteiger partial charge in [-0.2, -0.15) is 0 Å². The third kappa shape index (κ3) is 5.07.